The normalized spacial score (nSPS) is 14.3. The average molecular weight is 602 g/mol. The fraction of sp³-hybridized carbons (Fsp3) is 0.346. The minimum Gasteiger partial charge on any atom is -0.473 e. The predicted octanol–water partition coefficient (Wildman–Crippen LogP) is 3.56. The molecule has 0 saturated heterocycles. The predicted molar refractivity (Wildman–Crippen MR) is 132 cm³/mol. The van der Waals surface area contributed by atoms with E-state index in [1.54, 1.807) is 0 Å². The van der Waals surface area contributed by atoms with Gasteiger partial charge in [0.2, 0.25) is 11.7 Å². The molecule has 1 aromatic heterocycles. The zero-order chi connectivity index (χ0) is 31.2. The maximum Gasteiger partial charge on any atom is 0.451 e. The summed E-state index contributed by atoms with van der Waals surface area (Å²) in [5, 5.41) is 24.8. The van der Waals surface area contributed by atoms with E-state index in [2.05, 4.69) is 15.5 Å². The number of carbonyl (C=O) groups is 3. The number of carboxylic acids is 2. The lowest BCUT2D eigenvalue weighted by Crippen LogP contribution is -2.43. The summed E-state index contributed by atoms with van der Waals surface area (Å²) in [5.41, 5.74) is 0.791. The van der Waals surface area contributed by atoms with Crippen LogP contribution >= 0.6 is 0 Å². The van der Waals surface area contributed by atoms with Crippen LogP contribution < -0.4 is 5.32 Å². The smallest absolute Gasteiger partial charge is 0.451 e. The molecule has 2 aromatic carbocycles. The Morgan fingerprint density at radius 1 is 0.952 bits per heavy atom. The molecule has 1 aliphatic rings. The fourth-order valence-corrected chi connectivity index (χ4v) is 4.29. The number of carboxylic acid groups (broad SMARTS) is 2. The molecule has 42 heavy (non-hydrogen) atoms. The lowest BCUT2D eigenvalue weighted by molar-refractivity contribution is -0.159. The summed E-state index contributed by atoms with van der Waals surface area (Å²) in [4.78, 5) is 32.7. The summed E-state index contributed by atoms with van der Waals surface area (Å²) in [5.74, 6) is -8.62. The number of aliphatic carboxylic acids is 2. The second-order valence-electron chi connectivity index (χ2n) is 9.28. The van der Waals surface area contributed by atoms with Gasteiger partial charge in [0.15, 0.2) is 17.5 Å². The van der Waals surface area contributed by atoms with Gasteiger partial charge in [-0.15, -0.1) is 10.2 Å². The van der Waals surface area contributed by atoms with Gasteiger partial charge in [-0.05, 0) is 30.5 Å². The number of benzene rings is 2. The monoisotopic (exact) mass is 601 g/mol. The lowest BCUT2D eigenvalue weighted by Gasteiger charge is -2.30. The number of hydrogen-bond donors (Lipinski definition) is 3. The van der Waals surface area contributed by atoms with Gasteiger partial charge >= 0.3 is 18.1 Å². The molecule has 2 heterocycles. The van der Waals surface area contributed by atoms with Gasteiger partial charge in [-0.1, -0.05) is 30.3 Å². The number of aromatic nitrogens is 3. The summed E-state index contributed by atoms with van der Waals surface area (Å²) in [7, 11) is 0. The number of halogens is 6. The maximum atomic E-state index is 14.4. The molecule has 1 aliphatic heterocycles. The molecule has 2 atom stereocenters. The standard InChI is InChI=1S/C24H23F6N5O.C2H2O4/c1-14(15-5-3-2-4-6-15)31-17(9-16-10-19(26)20(27)12-18(16)25)11-22(36)34-7-8-35-21(13-34)32-33-23(35)24(28,29)30;3-1(4)2(5)6/h2-6,10,12,14,17,31H,7-9,11,13H2,1H3;(H,3,4)(H,5,6)/t14-,17+;/m0./s1. The van der Waals surface area contributed by atoms with Gasteiger partial charge in [-0.3, -0.25) is 4.79 Å². The maximum absolute atomic E-state index is 14.4. The molecule has 0 fully saturated rings. The van der Waals surface area contributed by atoms with Crippen LogP contribution in [0.5, 0.6) is 0 Å². The van der Waals surface area contributed by atoms with Gasteiger partial charge in [0.05, 0.1) is 6.54 Å². The van der Waals surface area contributed by atoms with Crippen LogP contribution in [0.4, 0.5) is 26.3 Å². The minimum atomic E-state index is -4.66. The Kier molecular flexibility index (Phi) is 10.3. The van der Waals surface area contributed by atoms with E-state index in [0.29, 0.717) is 6.07 Å². The van der Waals surface area contributed by atoms with Gasteiger partial charge in [-0.25, -0.2) is 22.8 Å². The first-order valence-corrected chi connectivity index (χ1v) is 12.3. The second-order valence-corrected chi connectivity index (χ2v) is 9.28. The third-order valence-electron chi connectivity index (χ3n) is 6.30. The van der Waals surface area contributed by atoms with E-state index >= 15 is 0 Å². The molecular formula is C26H25F6N5O5. The third kappa shape index (κ3) is 8.28. The highest BCUT2D eigenvalue weighted by Gasteiger charge is 2.40. The number of rotatable bonds is 7. The molecule has 0 unspecified atom stereocenters. The molecular weight excluding hydrogens is 576 g/mol. The van der Waals surface area contributed by atoms with Gasteiger partial charge in [0.1, 0.15) is 5.82 Å². The van der Waals surface area contributed by atoms with Crippen LogP contribution in [0, 0.1) is 17.5 Å². The largest absolute Gasteiger partial charge is 0.473 e. The van der Waals surface area contributed by atoms with Crippen molar-refractivity contribution in [3.8, 4) is 0 Å². The van der Waals surface area contributed by atoms with Crippen molar-refractivity contribution in [1.29, 1.82) is 0 Å². The number of hydrogen-bond acceptors (Lipinski definition) is 6. The molecule has 4 rings (SSSR count). The van der Waals surface area contributed by atoms with Crippen LogP contribution in [0.2, 0.25) is 0 Å². The zero-order valence-corrected chi connectivity index (χ0v) is 21.9. The molecule has 0 bridgehead atoms. The summed E-state index contributed by atoms with van der Waals surface area (Å²) in [6.07, 6.45) is -4.93. The quantitative estimate of drug-likeness (QED) is 0.213. The molecule has 1 amide bonds. The third-order valence-corrected chi connectivity index (χ3v) is 6.30. The average Bonchev–Trinajstić information content (AvgIpc) is 3.36. The van der Waals surface area contributed by atoms with E-state index in [9.17, 15) is 31.1 Å². The molecule has 0 spiro atoms. The summed E-state index contributed by atoms with van der Waals surface area (Å²) < 4.78 is 81.8. The number of carbonyl (C=O) groups excluding carboxylic acids is 1. The molecule has 0 aliphatic carbocycles. The zero-order valence-electron chi connectivity index (χ0n) is 21.9. The van der Waals surface area contributed by atoms with E-state index in [1.807, 2.05) is 37.3 Å². The number of nitrogens with zero attached hydrogens (tertiary/aromatic N) is 4. The van der Waals surface area contributed by atoms with Crippen LogP contribution in [0.15, 0.2) is 42.5 Å². The number of alkyl halides is 3. The van der Waals surface area contributed by atoms with E-state index in [-0.39, 0.29) is 49.9 Å². The van der Waals surface area contributed by atoms with Crippen molar-refractivity contribution < 1.29 is 50.9 Å². The second kappa shape index (κ2) is 13.5. The number of amides is 1. The Morgan fingerprint density at radius 3 is 2.17 bits per heavy atom. The Morgan fingerprint density at radius 2 is 1.57 bits per heavy atom. The van der Waals surface area contributed by atoms with Crippen molar-refractivity contribution in [2.75, 3.05) is 6.54 Å². The minimum absolute atomic E-state index is 0.00739. The van der Waals surface area contributed by atoms with Crippen molar-refractivity contribution in [3.05, 3.63) is 82.7 Å². The van der Waals surface area contributed by atoms with Gasteiger partial charge in [0, 0.05) is 37.7 Å². The van der Waals surface area contributed by atoms with Crippen LogP contribution in [0.25, 0.3) is 0 Å². The topological polar surface area (TPSA) is 138 Å². The summed E-state index contributed by atoms with van der Waals surface area (Å²) in [6, 6.07) is 9.51. The van der Waals surface area contributed by atoms with E-state index < -0.39 is 53.3 Å². The van der Waals surface area contributed by atoms with E-state index in [0.717, 1.165) is 16.2 Å². The molecule has 0 radical (unpaired) electrons. The van der Waals surface area contributed by atoms with Crippen molar-refractivity contribution in [3.63, 3.8) is 0 Å². The lowest BCUT2D eigenvalue weighted by atomic mass is 9.99. The van der Waals surface area contributed by atoms with Crippen LogP contribution in [0.3, 0.4) is 0 Å². The van der Waals surface area contributed by atoms with E-state index in [4.69, 9.17) is 19.8 Å². The first kappa shape index (κ1) is 32.0. The van der Waals surface area contributed by atoms with Crippen molar-refractivity contribution >= 4 is 17.8 Å². The molecule has 0 saturated carbocycles. The highest BCUT2D eigenvalue weighted by Crippen LogP contribution is 2.29. The Labute approximate surface area is 234 Å². The molecule has 3 aromatic rings. The van der Waals surface area contributed by atoms with Gasteiger partial charge < -0.3 is 25.0 Å². The SMILES string of the molecule is C[C@H](N[C@@H](CC(=O)N1CCn2c(nnc2C(F)(F)F)C1)Cc1cc(F)c(F)cc1F)c1ccccc1.O=C(O)C(=O)O. The highest BCUT2D eigenvalue weighted by molar-refractivity contribution is 6.27. The molecule has 16 heteroatoms. The van der Waals surface area contributed by atoms with Crippen molar-refractivity contribution in [2.24, 2.45) is 0 Å². The van der Waals surface area contributed by atoms with Gasteiger partial charge in [-0.2, -0.15) is 13.2 Å². The van der Waals surface area contributed by atoms with Crippen molar-refractivity contribution in [1.82, 2.24) is 25.0 Å². The van der Waals surface area contributed by atoms with Crippen LogP contribution in [-0.2, 0) is 40.1 Å². The van der Waals surface area contributed by atoms with Crippen LogP contribution in [-0.4, -0.2) is 60.3 Å². The van der Waals surface area contributed by atoms with E-state index in [1.165, 1.54) is 4.90 Å². The number of nitrogens with one attached hydrogen (secondary N) is 1. The summed E-state index contributed by atoms with van der Waals surface area (Å²) in [6.45, 7) is 1.56. The Bertz CT molecular complexity index is 1420. The molecule has 226 valence electrons. The number of fused-ring (bicyclic) bond motifs is 1. The van der Waals surface area contributed by atoms with Crippen LogP contribution in [0.1, 0.15) is 42.2 Å². The van der Waals surface area contributed by atoms with Crippen molar-refractivity contribution in [2.45, 2.75) is 51.1 Å². The highest BCUT2D eigenvalue weighted by atomic mass is 19.4. The fourth-order valence-electron chi connectivity index (χ4n) is 4.29. The Hall–Kier alpha value is -4.47. The Balaban J connectivity index is 0.000000730. The first-order chi connectivity index (χ1) is 19.7. The van der Waals surface area contributed by atoms with Gasteiger partial charge in [0.25, 0.3) is 0 Å². The first-order valence-electron chi connectivity index (χ1n) is 12.3. The molecule has 10 nitrogen and oxygen atoms in total. The molecule has 3 N–H and O–H groups in total. The summed E-state index contributed by atoms with van der Waals surface area (Å²) >= 11 is 0.